The van der Waals surface area contributed by atoms with Crippen LogP contribution in [0.1, 0.15) is 0 Å². The number of hydrogen-bond acceptors (Lipinski definition) is 3. The summed E-state index contributed by atoms with van der Waals surface area (Å²) in [6, 6.07) is 72.6. The highest BCUT2D eigenvalue weighted by atomic mass is 15.3. The zero-order valence-electron chi connectivity index (χ0n) is 30.9. The Morgan fingerprint density at radius 2 is 0.877 bits per heavy atom. The molecule has 4 heteroatoms. The highest BCUT2D eigenvalue weighted by molar-refractivity contribution is 6.17. The highest BCUT2D eigenvalue weighted by Gasteiger charge is 2.22. The van der Waals surface area contributed by atoms with Gasteiger partial charge in [-0.15, -0.1) is 0 Å². The minimum atomic E-state index is 0.691. The zero-order valence-corrected chi connectivity index (χ0v) is 30.9. The summed E-state index contributed by atoms with van der Waals surface area (Å²) in [4.78, 5) is 10.4. The Labute approximate surface area is 330 Å². The van der Waals surface area contributed by atoms with Crippen LogP contribution in [0.3, 0.4) is 0 Å². The van der Waals surface area contributed by atoms with E-state index in [0.717, 1.165) is 77.8 Å². The third-order valence-corrected chi connectivity index (χ3v) is 11.0. The van der Waals surface area contributed by atoms with Crippen LogP contribution in [-0.4, -0.2) is 19.7 Å². The molecular weight excluding hydrogens is 693 g/mol. The van der Waals surface area contributed by atoms with Crippen LogP contribution in [0.4, 0.5) is 0 Å². The van der Waals surface area contributed by atoms with Crippen molar-refractivity contribution in [2.75, 3.05) is 0 Å². The summed E-state index contributed by atoms with van der Waals surface area (Å²) in [6.07, 6.45) is 0. The third-order valence-electron chi connectivity index (χ3n) is 11.0. The Morgan fingerprint density at radius 1 is 0.351 bits per heavy atom. The molecule has 11 aromatic rings. The summed E-state index contributed by atoms with van der Waals surface area (Å²) in [5.74, 6) is 0.691. The Hall–Kier alpha value is -7.69. The van der Waals surface area contributed by atoms with Gasteiger partial charge in [-0.3, -0.25) is 0 Å². The van der Waals surface area contributed by atoms with Gasteiger partial charge < -0.3 is 0 Å². The van der Waals surface area contributed by atoms with Crippen molar-refractivity contribution in [3.63, 3.8) is 0 Å². The van der Waals surface area contributed by atoms with Gasteiger partial charge in [-0.05, 0) is 68.4 Å². The van der Waals surface area contributed by atoms with Crippen LogP contribution in [0.2, 0.25) is 0 Å². The Balaban J connectivity index is 1.11. The average molecular weight is 727 g/mol. The van der Waals surface area contributed by atoms with Gasteiger partial charge >= 0.3 is 0 Å². The lowest BCUT2D eigenvalue weighted by atomic mass is 9.93. The van der Waals surface area contributed by atoms with Crippen molar-refractivity contribution in [1.29, 1.82) is 0 Å². The molecule has 2 aromatic heterocycles. The molecule has 0 aliphatic carbocycles. The summed E-state index contributed by atoms with van der Waals surface area (Å²) >= 11 is 0. The summed E-state index contributed by atoms with van der Waals surface area (Å²) in [5.41, 5.74) is 11.2. The molecule has 0 fully saturated rings. The van der Waals surface area contributed by atoms with E-state index in [1.807, 2.05) is 24.3 Å². The topological polar surface area (TPSA) is 43.6 Å². The van der Waals surface area contributed by atoms with E-state index in [1.165, 1.54) is 21.5 Å². The lowest BCUT2D eigenvalue weighted by molar-refractivity contribution is 0.918. The van der Waals surface area contributed by atoms with Gasteiger partial charge in [0.15, 0.2) is 5.82 Å². The molecule has 0 bridgehead atoms. The molecule has 4 nitrogen and oxygen atoms in total. The number of aromatic nitrogens is 4. The largest absolute Gasteiger partial charge is 0.232 e. The molecule has 0 amide bonds. The van der Waals surface area contributed by atoms with E-state index >= 15 is 0 Å². The lowest BCUT2D eigenvalue weighted by Gasteiger charge is -2.13. The maximum absolute atomic E-state index is 5.42. The summed E-state index contributed by atoms with van der Waals surface area (Å²) in [7, 11) is 0. The molecule has 0 atom stereocenters. The molecule has 0 N–H and O–H groups in total. The molecule has 0 aliphatic heterocycles. The first-order chi connectivity index (χ1) is 28.3. The molecule has 2 heterocycles. The number of fused-ring (bicyclic) bond motifs is 6. The number of rotatable bonds is 6. The van der Waals surface area contributed by atoms with Crippen LogP contribution in [0.5, 0.6) is 0 Å². The molecule has 0 aliphatic rings. The first-order valence-electron chi connectivity index (χ1n) is 19.3. The van der Waals surface area contributed by atoms with E-state index in [9.17, 15) is 0 Å². The lowest BCUT2D eigenvalue weighted by Crippen LogP contribution is -1.97. The fourth-order valence-electron chi connectivity index (χ4n) is 8.31. The molecule has 11 rings (SSSR count). The molecule has 9 aromatic carbocycles. The van der Waals surface area contributed by atoms with Gasteiger partial charge in [0.2, 0.25) is 0 Å². The van der Waals surface area contributed by atoms with Crippen LogP contribution in [-0.2, 0) is 0 Å². The second-order valence-corrected chi connectivity index (χ2v) is 14.4. The molecular formula is C53H34N4. The van der Waals surface area contributed by atoms with Gasteiger partial charge in [-0.1, -0.05) is 176 Å². The maximum atomic E-state index is 5.42. The van der Waals surface area contributed by atoms with Crippen molar-refractivity contribution in [2.24, 2.45) is 0 Å². The monoisotopic (exact) mass is 726 g/mol. The van der Waals surface area contributed by atoms with Gasteiger partial charge in [-0.25, -0.2) is 14.6 Å². The molecule has 0 saturated heterocycles. The SMILES string of the molecule is c1ccc(-c2nc(-c3ccc(-c4nn(-c5ccccc5)c5c4c(-c4ccccc4)cc4ccccc45)cc3)cc(-c3cc4ccccc4c4ccccc34)n2)cc1. The number of hydrogen-bond donors (Lipinski definition) is 0. The van der Waals surface area contributed by atoms with Crippen LogP contribution in [0.15, 0.2) is 206 Å². The predicted octanol–water partition coefficient (Wildman–Crippen LogP) is 13.6. The second-order valence-electron chi connectivity index (χ2n) is 14.4. The Kier molecular flexibility index (Phi) is 7.78. The molecule has 57 heavy (non-hydrogen) atoms. The van der Waals surface area contributed by atoms with Crippen molar-refractivity contribution in [2.45, 2.75) is 0 Å². The Bertz CT molecular complexity index is 3260. The first-order valence-corrected chi connectivity index (χ1v) is 19.3. The molecule has 0 saturated carbocycles. The minimum absolute atomic E-state index is 0.691. The third kappa shape index (κ3) is 5.66. The van der Waals surface area contributed by atoms with E-state index < -0.39 is 0 Å². The van der Waals surface area contributed by atoms with Crippen LogP contribution in [0.25, 0.3) is 105 Å². The van der Waals surface area contributed by atoms with Crippen molar-refractivity contribution in [3.8, 4) is 62.0 Å². The molecule has 0 spiro atoms. The summed E-state index contributed by atoms with van der Waals surface area (Å²) in [5, 5.41) is 13.7. The van der Waals surface area contributed by atoms with Gasteiger partial charge in [0, 0.05) is 33.0 Å². The smallest absolute Gasteiger partial charge is 0.160 e. The van der Waals surface area contributed by atoms with Crippen LogP contribution >= 0.6 is 0 Å². The summed E-state index contributed by atoms with van der Waals surface area (Å²) < 4.78 is 2.12. The fourth-order valence-corrected chi connectivity index (χ4v) is 8.31. The van der Waals surface area contributed by atoms with E-state index in [4.69, 9.17) is 15.1 Å². The standard InChI is InChI=1S/C53H34N4/c1-4-16-35(17-5-1)46-32-40-21-11-13-25-43(40)52-50(46)51(56-57(52)41-22-8-3-9-23-41)37-30-28-36(29-31-37)48-34-49(55-53(54-48)38-18-6-2-7-19-38)47-33-39-20-10-12-24-42(39)44-26-14-15-27-45(44)47/h1-34H. The summed E-state index contributed by atoms with van der Waals surface area (Å²) in [6.45, 7) is 0. The molecule has 266 valence electrons. The van der Waals surface area contributed by atoms with E-state index in [1.54, 1.807) is 0 Å². The van der Waals surface area contributed by atoms with Gasteiger partial charge in [-0.2, -0.15) is 5.10 Å². The van der Waals surface area contributed by atoms with Crippen molar-refractivity contribution >= 4 is 43.2 Å². The normalized spacial score (nSPS) is 11.5. The average Bonchev–Trinajstić information content (AvgIpc) is 3.70. The maximum Gasteiger partial charge on any atom is 0.160 e. The number of para-hydroxylation sites is 1. The van der Waals surface area contributed by atoms with Crippen LogP contribution < -0.4 is 0 Å². The molecule has 0 radical (unpaired) electrons. The Morgan fingerprint density at radius 3 is 1.60 bits per heavy atom. The number of benzene rings is 9. The highest BCUT2D eigenvalue weighted by Crippen LogP contribution is 2.42. The molecule has 0 unspecified atom stereocenters. The fraction of sp³-hybridized carbons (Fsp3) is 0. The zero-order chi connectivity index (χ0) is 37.7. The van der Waals surface area contributed by atoms with E-state index in [2.05, 4.69) is 187 Å². The van der Waals surface area contributed by atoms with Gasteiger partial charge in [0.05, 0.1) is 22.6 Å². The first kappa shape index (κ1) is 32.7. The van der Waals surface area contributed by atoms with Crippen molar-refractivity contribution < 1.29 is 0 Å². The van der Waals surface area contributed by atoms with Crippen LogP contribution in [0, 0.1) is 0 Å². The minimum Gasteiger partial charge on any atom is -0.232 e. The van der Waals surface area contributed by atoms with Gasteiger partial charge in [0.25, 0.3) is 0 Å². The predicted molar refractivity (Wildman–Crippen MR) is 236 cm³/mol. The van der Waals surface area contributed by atoms with Gasteiger partial charge in [0.1, 0.15) is 5.69 Å². The van der Waals surface area contributed by atoms with Crippen molar-refractivity contribution in [1.82, 2.24) is 19.7 Å². The van der Waals surface area contributed by atoms with Crippen molar-refractivity contribution in [3.05, 3.63) is 206 Å². The quantitative estimate of drug-likeness (QED) is 0.160. The second kappa shape index (κ2) is 13.6. The van der Waals surface area contributed by atoms with E-state index in [-0.39, 0.29) is 0 Å². The van der Waals surface area contributed by atoms with E-state index in [0.29, 0.717) is 5.82 Å². The number of nitrogens with zero attached hydrogens (tertiary/aromatic N) is 4.